The van der Waals surface area contributed by atoms with Crippen LogP contribution in [0.1, 0.15) is 45.4 Å². The van der Waals surface area contributed by atoms with E-state index in [2.05, 4.69) is 12.0 Å². The van der Waals surface area contributed by atoms with Crippen molar-refractivity contribution < 1.29 is 14.7 Å². The van der Waals surface area contributed by atoms with E-state index >= 15 is 0 Å². The van der Waals surface area contributed by atoms with Crippen LogP contribution < -0.4 is 10.5 Å². The fourth-order valence-electron chi connectivity index (χ4n) is 1.05. The lowest BCUT2D eigenvalue weighted by molar-refractivity contribution is -0.300. The number of carboxylic acids is 1. The first kappa shape index (κ1) is 13.6. The number of amides is 1. The van der Waals surface area contributed by atoms with Gasteiger partial charge in [0.25, 0.3) is 5.91 Å². The minimum atomic E-state index is -1.77. The predicted molar refractivity (Wildman–Crippen MR) is 55.0 cm³/mol. The molecule has 0 aliphatic carbocycles. The van der Waals surface area contributed by atoms with Gasteiger partial charge in [-0.1, -0.05) is 32.6 Å². The lowest BCUT2D eigenvalue weighted by Gasteiger charge is -1.98. The van der Waals surface area contributed by atoms with E-state index in [9.17, 15) is 14.7 Å². The van der Waals surface area contributed by atoms with Crippen molar-refractivity contribution in [1.82, 2.24) is 5.43 Å². The number of carboxylic acid groups (broad SMARTS) is 1. The molecule has 0 aromatic rings. The van der Waals surface area contributed by atoms with Crippen molar-refractivity contribution in [2.45, 2.75) is 45.4 Å². The largest absolute Gasteiger partial charge is 0.540 e. The van der Waals surface area contributed by atoms with Crippen molar-refractivity contribution >= 4 is 18.1 Å². The molecule has 0 aliphatic rings. The highest BCUT2D eigenvalue weighted by atomic mass is 16.4. The molecule has 1 amide bonds. The summed E-state index contributed by atoms with van der Waals surface area (Å²) in [6, 6.07) is 0. The molecular weight excluding hydrogens is 196 g/mol. The molecule has 15 heavy (non-hydrogen) atoms. The third-order valence-electron chi connectivity index (χ3n) is 1.88. The average molecular weight is 213 g/mol. The highest BCUT2D eigenvalue weighted by Crippen LogP contribution is 2.03. The Kier molecular flexibility index (Phi) is 8.33. The van der Waals surface area contributed by atoms with Crippen molar-refractivity contribution in [1.29, 1.82) is 0 Å². The molecule has 0 aromatic carbocycles. The van der Waals surface area contributed by atoms with Gasteiger partial charge in [0.15, 0.2) is 0 Å². The van der Waals surface area contributed by atoms with E-state index in [1.54, 1.807) is 0 Å². The maximum absolute atomic E-state index is 10.4. The number of hydrogen-bond donors (Lipinski definition) is 1. The van der Waals surface area contributed by atoms with Gasteiger partial charge in [0.05, 0.1) is 0 Å². The molecule has 86 valence electrons. The second kappa shape index (κ2) is 9.18. The smallest absolute Gasteiger partial charge is 0.287 e. The topological polar surface area (TPSA) is 81.6 Å². The van der Waals surface area contributed by atoms with E-state index in [0.29, 0.717) is 0 Å². The van der Waals surface area contributed by atoms with Crippen LogP contribution in [0.4, 0.5) is 0 Å². The first-order valence-corrected chi connectivity index (χ1v) is 5.21. The molecule has 0 atom stereocenters. The molecule has 0 bridgehead atoms. The van der Waals surface area contributed by atoms with Gasteiger partial charge < -0.3 is 9.90 Å². The molecule has 0 spiro atoms. The van der Waals surface area contributed by atoms with Crippen LogP contribution >= 0.6 is 0 Å². The van der Waals surface area contributed by atoms with Crippen LogP contribution in [0.5, 0.6) is 0 Å². The quantitative estimate of drug-likeness (QED) is 0.284. The molecule has 0 aromatic heterocycles. The zero-order valence-electron chi connectivity index (χ0n) is 8.99. The molecule has 0 aliphatic heterocycles. The summed E-state index contributed by atoms with van der Waals surface area (Å²) in [5, 5.41) is 13.4. The fraction of sp³-hybridized carbons (Fsp3) is 0.700. The average Bonchev–Trinajstić information content (AvgIpc) is 2.21. The molecule has 0 heterocycles. The Morgan fingerprint density at radius 1 is 1.27 bits per heavy atom. The van der Waals surface area contributed by atoms with Crippen LogP contribution in [0.25, 0.3) is 0 Å². The summed E-state index contributed by atoms with van der Waals surface area (Å²) in [4.78, 5) is 20.4. The van der Waals surface area contributed by atoms with E-state index in [0.717, 1.165) is 19.3 Å². The summed E-state index contributed by atoms with van der Waals surface area (Å²) >= 11 is 0. The molecular formula is C10H17N2O3-. The van der Waals surface area contributed by atoms with Gasteiger partial charge in [0, 0.05) is 6.21 Å². The zero-order valence-corrected chi connectivity index (χ0v) is 8.99. The van der Waals surface area contributed by atoms with Crippen LogP contribution in [0.2, 0.25) is 0 Å². The van der Waals surface area contributed by atoms with Crippen molar-refractivity contribution in [2.75, 3.05) is 0 Å². The summed E-state index contributed by atoms with van der Waals surface area (Å²) in [7, 11) is 0. The van der Waals surface area contributed by atoms with Crippen molar-refractivity contribution in [3.8, 4) is 0 Å². The fourth-order valence-corrected chi connectivity index (χ4v) is 1.05. The van der Waals surface area contributed by atoms with Gasteiger partial charge in [0.1, 0.15) is 5.97 Å². The molecule has 0 radical (unpaired) electrons. The Morgan fingerprint density at radius 3 is 2.53 bits per heavy atom. The summed E-state index contributed by atoms with van der Waals surface area (Å²) < 4.78 is 0. The Labute approximate surface area is 89.6 Å². The number of nitrogens with zero attached hydrogens (tertiary/aromatic N) is 1. The van der Waals surface area contributed by atoms with Gasteiger partial charge in [0.2, 0.25) is 0 Å². The summed E-state index contributed by atoms with van der Waals surface area (Å²) in [6.45, 7) is 2.15. The van der Waals surface area contributed by atoms with Crippen LogP contribution in [0, 0.1) is 0 Å². The number of nitrogens with one attached hydrogen (secondary N) is 1. The Hall–Kier alpha value is -1.39. The zero-order chi connectivity index (χ0) is 11.5. The molecule has 1 N–H and O–H groups in total. The van der Waals surface area contributed by atoms with Crippen LogP contribution in [0.3, 0.4) is 0 Å². The SMILES string of the molecule is CCCCCCC/C=N/NC(=O)C(=O)[O-]. The minimum absolute atomic E-state index is 0.747. The predicted octanol–water partition coefficient (Wildman–Crippen LogP) is 0.199. The van der Waals surface area contributed by atoms with Crippen molar-refractivity contribution in [2.24, 2.45) is 5.10 Å². The third-order valence-corrected chi connectivity index (χ3v) is 1.88. The second-order valence-electron chi connectivity index (χ2n) is 3.24. The molecule has 0 saturated carbocycles. The van der Waals surface area contributed by atoms with Gasteiger partial charge in [-0.25, -0.2) is 5.43 Å². The Balaban J connectivity index is 3.32. The molecule has 0 rings (SSSR count). The molecule has 0 unspecified atom stereocenters. The maximum Gasteiger partial charge on any atom is 0.287 e. The second-order valence-corrected chi connectivity index (χ2v) is 3.24. The van der Waals surface area contributed by atoms with Crippen molar-refractivity contribution in [3.63, 3.8) is 0 Å². The van der Waals surface area contributed by atoms with Gasteiger partial charge >= 0.3 is 0 Å². The Morgan fingerprint density at radius 2 is 1.93 bits per heavy atom. The number of aliphatic carboxylic acids is 1. The normalized spacial score (nSPS) is 10.5. The van der Waals surface area contributed by atoms with Gasteiger partial charge in [-0.05, 0) is 12.8 Å². The third kappa shape index (κ3) is 8.93. The molecule has 0 fully saturated rings. The summed E-state index contributed by atoms with van der Waals surface area (Å²) in [5.74, 6) is -2.98. The molecule has 5 nitrogen and oxygen atoms in total. The van der Waals surface area contributed by atoms with Gasteiger partial charge in [-0.15, -0.1) is 0 Å². The number of carbonyl (C=O) groups excluding carboxylic acids is 2. The maximum atomic E-state index is 10.4. The summed E-state index contributed by atoms with van der Waals surface area (Å²) in [5.41, 5.74) is 1.85. The lowest BCUT2D eigenvalue weighted by atomic mass is 10.1. The van der Waals surface area contributed by atoms with Crippen molar-refractivity contribution in [3.05, 3.63) is 0 Å². The first-order chi connectivity index (χ1) is 7.18. The van der Waals surface area contributed by atoms with Gasteiger partial charge in [-0.3, -0.25) is 4.79 Å². The molecule has 0 saturated heterocycles. The number of unbranched alkanes of at least 4 members (excludes halogenated alkanes) is 5. The van der Waals surface area contributed by atoms with E-state index in [1.165, 1.54) is 25.5 Å². The number of rotatable bonds is 7. The van der Waals surface area contributed by atoms with E-state index in [-0.39, 0.29) is 0 Å². The Bertz CT molecular complexity index is 227. The van der Waals surface area contributed by atoms with Crippen LogP contribution in [-0.2, 0) is 9.59 Å². The minimum Gasteiger partial charge on any atom is -0.540 e. The number of carbonyl (C=O) groups is 2. The number of hydrazone groups is 1. The lowest BCUT2D eigenvalue weighted by Crippen LogP contribution is -2.38. The first-order valence-electron chi connectivity index (χ1n) is 5.21. The van der Waals surface area contributed by atoms with Crippen LogP contribution in [-0.4, -0.2) is 18.1 Å². The highest BCUT2D eigenvalue weighted by Gasteiger charge is 1.96. The van der Waals surface area contributed by atoms with E-state index in [1.807, 2.05) is 5.43 Å². The number of hydrogen-bond acceptors (Lipinski definition) is 4. The monoisotopic (exact) mass is 213 g/mol. The standard InChI is InChI=1S/C10H18N2O3/c1-2-3-4-5-6-7-8-11-12-9(13)10(14)15/h8H,2-7H2,1H3,(H,12,13)(H,14,15)/p-1/b11-8+. The van der Waals surface area contributed by atoms with E-state index < -0.39 is 11.9 Å². The van der Waals surface area contributed by atoms with Crippen LogP contribution in [0.15, 0.2) is 5.10 Å². The summed E-state index contributed by atoms with van der Waals surface area (Å²) in [6.07, 6.45) is 8.03. The van der Waals surface area contributed by atoms with Gasteiger partial charge in [-0.2, -0.15) is 5.10 Å². The van der Waals surface area contributed by atoms with E-state index in [4.69, 9.17) is 0 Å². The molecule has 5 heteroatoms. The highest BCUT2D eigenvalue weighted by molar-refractivity contribution is 6.30.